The Labute approximate surface area is 159 Å². The molecule has 0 spiro atoms. The second-order valence-corrected chi connectivity index (χ2v) is 7.42. The van der Waals surface area contributed by atoms with Gasteiger partial charge in [-0.3, -0.25) is 14.2 Å². The van der Waals surface area contributed by atoms with Gasteiger partial charge in [0, 0.05) is 18.2 Å². The topological polar surface area (TPSA) is 64.0 Å². The second kappa shape index (κ2) is 7.52. The fraction of sp³-hybridized carbons (Fsp3) is 0.250. The molecule has 2 aromatic carbocycles. The number of hydrogen-bond donors (Lipinski definition) is 1. The van der Waals surface area contributed by atoms with Gasteiger partial charge in [-0.15, -0.1) is 0 Å². The van der Waals surface area contributed by atoms with Gasteiger partial charge in [-0.05, 0) is 31.0 Å². The normalized spacial score (nSPS) is 13.7. The molecule has 1 amide bonds. The fourth-order valence-corrected chi connectivity index (χ4v) is 3.80. The van der Waals surface area contributed by atoms with Crippen molar-refractivity contribution in [2.45, 2.75) is 30.6 Å². The number of carbonyl (C=O) groups excluding carboxylic acids is 1. The van der Waals surface area contributed by atoms with Gasteiger partial charge in [-0.25, -0.2) is 9.37 Å². The Bertz CT molecular complexity index is 1060. The summed E-state index contributed by atoms with van der Waals surface area (Å²) in [6.07, 6.45) is 1.90. The molecule has 1 fully saturated rings. The molecule has 27 heavy (non-hydrogen) atoms. The van der Waals surface area contributed by atoms with Crippen LogP contribution in [-0.2, 0) is 11.3 Å². The van der Waals surface area contributed by atoms with Crippen LogP contribution >= 0.6 is 11.8 Å². The van der Waals surface area contributed by atoms with Crippen LogP contribution in [0.25, 0.3) is 10.9 Å². The summed E-state index contributed by atoms with van der Waals surface area (Å²) in [6, 6.07) is 13.7. The van der Waals surface area contributed by atoms with Gasteiger partial charge < -0.3 is 5.32 Å². The zero-order valence-electron chi connectivity index (χ0n) is 14.5. The van der Waals surface area contributed by atoms with E-state index >= 15 is 0 Å². The number of para-hydroxylation sites is 1. The van der Waals surface area contributed by atoms with Crippen molar-refractivity contribution in [1.29, 1.82) is 0 Å². The van der Waals surface area contributed by atoms with E-state index in [0.717, 1.165) is 12.8 Å². The molecule has 0 aliphatic heterocycles. The third-order valence-electron chi connectivity index (χ3n) is 4.45. The van der Waals surface area contributed by atoms with Crippen LogP contribution in [0.4, 0.5) is 4.39 Å². The van der Waals surface area contributed by atoms with Crippen molar-refractivity contribution in [2.24, 2.45) is 0 Å². The van der Waals surface area contributed by atoms with Crippen molar-refractivity contribution in [3.63, 3.8) is 0 Å². The number of benzene rings is 2. The highest BCUT2D eigenvalue weighted by atomic mass is 32.2. The minimum atomic E-state index is -0.343. The van der Waals surface area contributed by atoms with E-state index in [9.17, 15) is 14.0 Å². The van der Waals surface area contributed by atoms with Gasteiger partial charge in [-0.1, -0.05) is 42.1 Å². The van der Waals surface area contributed by atoms with Crippen molar-refractivity contribution in [2.75, 3.05) is 5.75 Å². The number of rotatable bonds is 6. The number of thioether (sulfide) groups is 1. The lowest BCUT2D eigenvalue weighted by Crippen LogP contribution is -2.26. The summed E-state index contributed by atoms with van der Waals surface area (Å²) in [4.78, 5) is 29.6. The summed E-state index contributed by atoms with van der Waals surface area (Å²) < 4.78 is 15.3. The Kier molecular flexibility index (Phi) is 4.94. The van der Waals surface area contributed by atoms with Gasteiger partial charge in [0.05, 0.1) is 16.7 Å². The zero-order valence-corrected chi connectivity index (χ0v) is 15.3. The van der Waals surface area contributed by atoms with Crippen LogP contribution < -0.4 is 10.9 Å². The number of amides is 1. The molecule has 1 N–H and O–H groups in total. The van der Waals surface area contributed by atoms with Crippen LogP contribution in [0.3, 0.4) is 0 Å². The van der Waals surface area contributed by atoms with E-state index < -0.39 is 0 Å². The van der Waals surface area contributed by atoms with E-state index in [2.05, 4.69) is 10.3 Å². The fourth-order valence-electron chi connectivity index (χ4n) is 2.90. The Morgan fingerprint density at radius 2 is 1.93 bits per heavy atom. The van der Waals surface area contributed by atoms with Crippen LogP contribution in [0.15, 0.2) is 58.5 Å². The van der Waals surface area contributed by atoms with Gasteiger partial charge in [-0.2, -0.15) is 0 Å². The van der Waals surface area contributed by atoms with Crippen LogP contribution in [-0.4, -0.2) is 21.2 Å². The van der Waals surface area contributed by atoms with Crippen LogP contribution in [0.1, 0.15) is 24.4 Å². The lowest BCUT2D eigenvalue weighted by molar-refractivity contribution is -0.118. The molecule has 1 aliphatic rings. The zero-order chi connectivity index (χ0) is 18.8. The summed E-state index contributed by atoms with van der Waals surface area (Å²) in [5.74, 6) is -0.455. The van der Waals surface area contributed by atoms with Crippen LogP contribution in [0, 0.1) is 5.82 Å². The smallest absolute Gasteiger partial charge is 0.262 e. The Balaban J connectivity index is 1.48. The van der Waals surface area contributed by atoms with Crippen molar-refractivity contribution in [1.82, 2.24) is 14.9 Å². The van der Waals surface area contributed by atoms with Crippen molar-refractivity contribution in [3.05, 3.63) is 70.3 Å². The van der Waals surface area contributed by atoms with E-state index in [0.29, 0.717) is 21.6 Å². The van der Waals surface area contributed by atoms with Gasteiger partial charge in [0.1, 0.15) is 5.82 Å². The van der Waals surface area contributed by atoms with Crippen LogP contribution in [0.2, 0.25) is 0 Å². The highest BCUT2D eigenvalue weighted by Crippen LogP contribution is 2.36. The molecular weight excluding hydrogens is 365 g/mol. The second-order valence-electron chi connectivity index (χ2n) is 6.47. The first-order chi connectivity index (χ1) is 13.1. The molecule has 138 valence electrons. The molecule has 0 atom stereocenters. The first kappa shape index (κ1) is 17.7. The summed E-state index contributed by atoms with van der Waals surface area (Å²) in [5, 5.41) is 3.86. The van der Waals surface area contributed by atoms with Crippen molar-refractivity contribution in [3.8, 4) is 0 Å². The molecular formula is C20H18FN3O2S. The summed E-state index contributed by atoms with van der Waals surface area (Å²) in [7, 11) is 0. The molecule has 7 heteroatoms. The maximum absolute atomic E-state index is 13.6. The molecule has 3 aromatic rings. The number of nitrogens with one attached hydrogen (secondary N) is 1. The summed E-state index contributed by atoms with van der Waals surface area (Å²) in [5.41, 5.74) is 1.01. The number of halogens is 1. The van der Waals surface area contributed by atoms with Gasteiger partial charge >= 0.3 is 0 Å². The lowest BCUT2D eigenvalue weighted by Gasteiger charge is -2.12. The summed E-state index contributed by atoms with van der Waals surface area (Å²) >= 11 is 1.24. The highest BCUT2D eigenvalue weighted by Gasteiger charge is 2.28. The highest BCUT2D eigenvalue weighted by molar-refractivity contribution is 7.99. The van der Waals surface area contributed by atoms with E-state index in [1.807, 2.05) is 12.1 Å². The first-order valence-electron chi connectivity index (χ1n) is 8.77. The van der Waals surface area contributed by atoms with Gasteiger partial charge in [0.25, 0.3) is 5.56 Å². The van der Waals surface area contributed by atoms with Gasteiger partial charge in [0.15, 0.2) is 5.16 Å². The Morgan fingerprint density at radius 1 is 1.19 bits per heavy atom. The quantitative estimate of drug-likeness (QED) is 0.524. The summed E-state index contributed by atoms with van der Waals surface area (Å²) in [6.45, 7) is 0.132. The van der Waals surface area contributed by atoms with Crippen molar-refractivity contribution >= 4 is 28.6 Å². The maximum atomic E-state index is 13.6. The SMILES string of the molecule is O=C(CSc1nc2ccccc2c(=O)n1C1CC1)NCc1ccccc1F. The molecule has 1 aromatic heterocycles. The van der Waals surface area contributed by atoms with E-state index in [-0.39, 0.29) is 35.6 Å². The van der Waals surface area contributed by atoms with Gasteiger partial charge in [0.2, 0.25) is 5.91 Å². The number of carbonyl (C=O) groups is 1. The minimum Gasteiger partial charge on any atom is -0.351 e. The standard InChI is InChI=1S/C20H18FN3O2S/c21-16-7-3-1-5-13(16)11-22-18(25)12-27-20-23-17-8-4-2-6-15(17)19(26)24(20)14-9-10-14/h1-8,14H,9-12H2,(H,22,25). The molecule has 0 radical (unpaired) electrons. The largest absolute Gasteiger partial charge is 0.351 e. The minimum absolute atomic E-state index is 0.0580. The van der Waals surface area contributed by atoms with Crippen LogP contribution in [0.5, 0.6) is 0 Å². The van der Waals surface area contributed by atoms with E-state index in [4.69, 9.17) is 0 Å². The van der Waals surface area contributed by atoms with E-state index in [1.54, 1.807) is 34.9 Å². The molecule has 0 bridgehead atoms. The predicted molar refractivity (Wildman–Crippen MR) is 103 cm³/mol. The number of nitrogens with zero attached hydrogens (tertiary/aromatic N) is 2. The van der Waals surface area contributed by atoms with E-state index in [1.165, 1.54) is 17.8 Å². The average Bonchev–Trinajstić information content (AvgIpc) is 3.51. The number of hydrogen-bond acceptors (Lipinski definition) is 4. The molecule has 4 rings (SSSR count). The van der Waals surface area contributed by atoms with Crippen molar-refractivity contribution < 1.29 is 9.18 Å². The third-order valence-corrected chi connectivity index (χ3v) is 5.41. The predicted octanol–water partition coefficient (Wildman–Crippen LogP) is 3.28. The third kappa shape index (κ3) is 3.88. The number of fused-ring (bicyclic) bond motifs is 1. The monoisotopic (exact) mass is 383 g/mol. The lowest BCUT2D eigenvalue weighted by atomic mass is 10.2. The molecule has 0 saturated heterocycles. The Hall–Kier alpha value is -2.67. The molecule has 1 aliphatic carbocycles. The molecule has 0 unspecified atom stereocenters. The molecule has 5 nitrogen and oxygen atoms in total. The number of aromatic nitrogens is 2. The molecule has 1 saturated carbocycles. The maximum Gasteiger partial charge on any atom is 0.262 e. The Morgan fingerprint density at radius 3 is 2.70 bits per heavy atom. The average molecular weight is 383 g/mol. The molecule has 1 heterocycles. The first-order valence-corrected chi connectivity index (χ1v) is 9.76.